The van der Waals surface area contributed by atoms with Gasteiger partial charge < -0.3 is 0 Å². The highest BCUT2D eigenvalue weighted by Gasteiger charge is 1.90. The van der Waals surface area contributed by atoms with E-state index in [1.54, 1.807) is 24.5 Å². The molecule has 60 valence electrons. The van der Waals surface area contributed by atoms with Crippen molar-refractivity contribution in [2.24, 2.45) is 0 Å². The minimum absolute atomic E-state index is 0.762. The standard InChI is InChI=1S/C6H6N6/c1(5-3-7-11-9-5)2-6-4-8-12-10-6/h1-4H,(H,7,9,11)(H,8,10,12). The van der Waals surface area contributed by atoms with Crippen molar-refractivity contribution in [3.63, 3.8) is 0 Å². The summed E-state index contributed by atoms with van der Waals surface area (Å²) in [5.41, 5.74) is 1.52. The van der Waals surface area contributed by atoms with Gasteiger partial charge in [0.2, 0.25) is 0 Å². The Labute approximate surface area is 67.7 Å². The van der Waals surface area contributed by atoms with Gasteiger partial charge in [0.1, 0.15) is 11.4 Å². The molecule has 0 aromatic carbocycles. The average molecular weight is 162 g/mol. The van der Waals surface area contributed by atoms with Gasteiger partial charge in [-0.2, -0.15) is 30.8 Å². The van der Waals surface area contributed by atoms with Gasteiger partial charge in [0.15, 0.2) is 0 Å². The number of rotatable bonds is 2. The Bertz CT molecular complexity index is 309. The number of hydrogen-bond acceptors (Lipinski definition) is 4. The largest absolute Gasteiger partial charge is 0.197 e. The van der Waals surface area contributed by atoms with Crippen LogP contribution in [0.25, 0.3) is 12.2 Å². The zero-order valence-corrected chi connectivity index (χ0v) is 6.10. The lowest BCUT2D eigenvalue weighted by Crippen LogP contribution is -1.73. The van der Waals surface area contributed by atoms with Crippen LogP contribution in [0.1, 0.15) is 11.4 Å². The molecule has 12 heavy (non-hydrogen) atoms. The number of hydrogen-bond donors (Lipinski definition) is 2. The number of nitrogens with zero attached hydrogens (tertiary/aromatic N) is 4. The maximum absolute atomic E-state index is 3.83. The van der Waals surface area contributed by atoms with Crippen molar-refractivity contribution in [1.82, 2.24) is 30.8 Å². The first-order chi connectivity index (χ1) is 5.95. The summed E-state index contributed by atoms with van der Waals surface area (Å²) in [5.74, 6) is 0. The Morgan fingerprint density at radius 1 is 0.917 bits per heavy atom. The summed E-state index contributed by atoms with van der Waals surface area (Å²) in [6.07, 6.45) is 6.83. The van der Waals surface area contributed by atoms with Crippen molar-refractivity contribution < 1.29 is 0 Å². The molecule has 0 aliphatic heterocycles. The van der Waals surface area contributed by atoms with Crippen molar-refractivity contribution in [2.75, 3.05) is 0 Å². The summed E-state index contributed by atoms with van der Waals surface area (Å²) in [6, 6.07) is 0. The Morgan fingerprint density at radius 3 is 1.75 bits per heavy atom. The molecular weight excluding hydrogens is 156 g/mol. The lowest BCUT2D eigenvalue weighted by molar-refractivity contribution is 0.936. The molecule has 6 nitrogen and oxygen atoms in total. The quantitative estimate of drug-likeness (QED) is 0.655. The molecule has 0 saturated heterocycles. The van der Waals surface area contributed by atoms with Crippen LogP contribution in [0.3, 0.4) is 0 Å². The molecule has 0 aliphatic rings. The number of aromatic amines is 2. The van der Waals surface area contributed by atoms with Gasteiger partial charge in [-0.3, -0.25) is 0 Å². The van der Waals surface area contributed by atoms with E-state index >= 15 is 0 Å². The van der Waals surface area contributed by atoms with Crippen molar-refractivity contribution in [3.8, 4) is 0 Å². The fourth-order valence-corrected chi connectivity index (χ4v) is 0.752. The van der Waals surface area contributed by atoms with Crippen LogP contribution < -0.4 is 0 Å². The molecule has 2 heterocycles. The summed E-state index contributed by atoms with van der Waals surface area (Å²) in [6.45, 7) is 0. The van der Waals surface area contributed by atoms with E-state index in [0.29, 0.717) is 0 Å². The minimum Gasteiger partial charge on any atom is -0.197 e. The topological polar surface area (TPSA) is 83.1 Å². The second-order valence-corrected chi connectivity index (χ2v) is 2.12. The van der Waals surface area contributed by atoms with Crippen molar-refractivity contribution in [3.05, 3.63) is 23.8 Å². The predicted octanol–water partition coefficient (Wildman–Crippen LogP) is 0.0932. The van der Waals surface area contributed by atoms with Gasteiger partial charge in [-0.25, -0.2) is 0 Å². The Hall–Kier alpha value is -1.98. The molecule has 2 rings (SSSR count). The van der Waals surface area contributed by atoms with Crippen molar-refractivity contribution in [2.45, 2.75) is 0 Å². The second-order valence-electron chi connectivity index (χ2n) is 2.12. The fourth-order valence-electron chi connectivity index (χ4n) is 0.752. The highest BCUT2D eigenvalue weighted by atomic mass is 15.3. The summed E-state index contributed by atoms with van der Waals surface area (Å²) in [4.78, 5) is 0. The van der Waals surface area contributed by atoms with Gasteiger partial charge in [-0.05, 0) is 12.2 Å². The fraction of sp³-hybridized carbons (Fsp3) is 0. The minimum atomic E-state index is 0.762. The van der Waals surface area contributed by atoms with Crippen molar-refractivity contribution in [1.29, 1.82) is 0 Å². The van der Waals surface area contributed by atoms with E-state index in [2.05, 4.69) is 30.8 Å². The second kappa shape index (κ2) is 2.95. The first-order valence-electron chi connectivity index (χ1n) is 3.35. The number of aromatic nitrogens is 6. The van der Waals surface area contributed by atoms with Crippen LogP contribution in [-0.4, -0.2) is 30.8 Å². The van der Waals surface area contributed by atoms with Gasteiger partial charge in [0, 0.05) is 0 Å². The van der Waals surface area contributed by atoms with Gasteiger partial charge in [-0.1, -0.05) is 0 Å². The molecule has 2 N–H and O–H groups in total. The average Bonchev–Trinajstić information content (AvgIpc) is 2.74. The van der Waals surface area contributed by atoms with Crippen LogP contribution in [0.15, 0.2) is 12.4 Å². The number of H-pyrrole nitrogens is 2. The van der Waals surface area contributed by atoms with Crippen LogP contribution in [0.4, 0.5) is 0 Å². The third-order valence-electron chi connectivity index (χ3n) is 1.29. The monoisotopic (exact) mass is 162 g/mol. The summed E-state index contributed by atoms with van der Waals surface area (Å²) in [7, 11) is 0. The van der Waals surface area contributed by atoms with Gasteiger partial charge in [0.25, 0.3) is 0 Å². The van der Waals surface area contributed by atoms with Crippen LogP contribution in [0.5, 0.6) is 0 Å². The Balaban J connectivity index is 2.14. The normalized spacial score (nSPS) is 11.0. The molecule has 0 unspecified atom stereocenters. The van der Waals surface area contributed by atoms with Gasteiger partial charge >= 0.3 is 0 Å². The molecule has 0 spiro atoms. The maximum atomic E-state index is 3.83. The molecule has 0 saturated carbocycles. The molecule has 0 radical (unpaired) electrons. The third kappa shape index (κ3) is 1.36. The molecule has 2 aromatic heterocycles. The molecule has 0 amide bonds. The highest BCUT2D eigenvalue weighted by molar-refractivity contribution is 5.64. The molecule has 6 heteroatoms. The Kier molecular flexibility index (Phi) is 1.65. The lowest BCUT2D eigenvalue weighted by Gasteiger charge is -1.78. The maximum Gasteiger partial charge on any atom is 0.105 e. The van der Waals surface area contributed by atoms with Gasteiger partial charge in [0.05, 0.1) is 12.4 Å². The van der Waals surface area contributed by atoms with E-state index in [0.717, 1.165) is 11.4 Å². The van der Waals surface area contributed by atoms with E-state index in [1.165, 1.54) is 0 Å². The summed E-state index contributed by atoms with van der Waals surface area (Å²) in [5, 5.41) is 20.0. The van der Waals surface area contributed by atoms with E-state index in [9.17, 15) is 0 Å². The smallest absolute Gasteiger partial charge is 0.105 e. The van der Waals surface area contributed by atoms with Crippen LogP contribution >= 0.6 is 0 Å². The molecular formula is C6H6N6. The third-order valence-corrected chi connectivity index (χ3v) is 1.29. The molecule has 2 aromatic rings. The van der Waals surface area contributed by atoms with Crippen LogP contribution in [0, 0.1) is 0 Å². The van der Waals surface area contributed by atoms with Gasteiger partial charge in [-0.15, -0.1) is 0 Å². The van der Waals surface area contributed by atoms with Crippen LogP contribution in [-0.2, 0) is 0 Å². The van der Waals surface area contributed by atoms with Crippen LogP contribution in [0.2, 0.25) is 0 Å². The van der Waals surface area contributed by atoms with Crippen molar-refractivity contribution >= 4 is 12.2 Å². The highest BCUT2D eigenvalue weighted by Crippen LogP contribution is 1.98. The molecule has 0 atom stereocenters. The first-order valence-corrected chi connectivity index (χ1v) is 3.35. The number of nitrogens with one attached hydrogen (secondary N) is 2. The summed E-state index contributed by atoms with van der Waals surface area (Å²) >= 11 is 0. The first kappa shape index (κ1) is 6.71. The van der Waals surface area contributed by atoms with E-state index in [1.807, 2.05) is 0 Å². The molecule has 0 bridgehead atoms. The zero-order chi connectivity index (χ0) is 8.23. The SMILES string of the molecule is C(=Cc1cn[nH]n1)c1cn[nH]n1. The van der Waals surface area contributed by atoms with E-state index in [4.69, 9.17) is 0 Å². The molecule has 0 aliphatic carbocycles. The zero-order valence-electron chi connectivity index (χ0n) is 6.10. The summed E-state index contributed by atoms with van der Waals surface area (Å²) < 4.78 is 0. The predicted molar refractivity (Wildman–Crippen MR) is 41.7 cm³/mol. The van der Waals surface area contributed by atoms with E-state index in [-0.39, 0.29) is 0 Å². The van der Waals surface area contributed by atoms with E-state index < -0.39 is 0 Å². The Morgan fingerprint density at radius 2 is 1.42 bits per heavy atom. The lowest BCUT2D eigenvalue weighted by atomic mass is 10.3. The molecule has 0 fully saturated rings.